The number of carbonyl (C=O) groups is 2. The van der Waals surface area contributed by atoms with Gasteiger partial charge in [-0.15, -0.1) is 0 Å². The van der Waals surface area contributed by atoms with E-state index in [1.54, 1.807) is 30.8 Å². The maximum absolute atomic E-state index is 11.7. The molecule has 0 bridgehead atoms. The molecule has 0 aliphatic carbocycles. The zero-order valence-corrected chi connectivity index (χ0v) is 10.3. The molecule has 0 saturated carbocycles. The normalized spacial score (nSPS) is 19.4. The average Bonchev–Trinajstić information content (AvgIpc) is 2.27. The van der Waals surface area contributed by atoms with E-state index in [9.17, 15) is 9.59 Å². The van der Waals surface area contributed by atoms with E-state index in [-0.39, 0.29) is 17.7 Å². The Morgan fingerprint density at radius 1 is 1.31 bits per heavy atom. The predicted molar refractivity (Wildman–Crippen MR) is 61.6 cm³/mol. The zero-order valence-electron chi connectivity index (χ0n) is 10.3. The Hall–Kier alpha value is -1.10. The fourth-order valence-corrected chi connectivity index (χ4v) is 2.00. The van der Waals surface area contributed by atoms with E-state index in [2.05, 4.69) is 0 Å². The summed E-state index contributed by atoms with van der Waals surface area (Å²) in [5, 5.41) is 0. The van der Waals surface area contributed by atoms with Crippen molar-refractivity contribution in [2.45, 2.75) is 25.8 Å². The SMILES string of the molecule is C[C@@H](N)C(=O)N1CCC(C(=O)N(C)C)CC1. The second kappa shape index (κ2) is 5.30. The van der Waals surface area contributed by atoms with Gasteiger partial charge in [0.2, 0.25) is 11.8 Å². The van der Waals surface area contributed by atoms with E-state index in [1.165, 1.54) is 0 Å². The molecule has 1 fully saturated rings. The molecule has 1 rings (SSSR count). The second-order valence-corrected chi connectivity index (χ2v) is 4.62. The standard InChI is InChI=1S/C11H21N3O2/c1-8(12)10(15)14-6-4-9(5-7-14)11(16)13(2)3/h8-9H,4-7,12H2,1-3H3/t8-/m1/s1. The minimum Gasteiger partial charge on any atom is -0.349 e. The average molecular weight is 227 g/mol. The van der Waals surface area contributed by atoms with E-state index >= 15 is 0 Å². The molecule has 2 amide bonds. The van der Waals surface area contributed by atoms with Crippen molar-refractivity contribution >= 4 is 11.8 Å². The van der Waals surface area contributed by atoms with Crippen LogP contribution in [0.15, 0.2) is 0 Å². The van der Waals surface area contributed by atoms with Crippen molar-refractivity contribution in [3.8, 4) is 0 Å². The minimum atomic E-state index is -0.443. The van der Waals surface area contributed by atoms with Gasteiger partial charge in [0.25, 0.3) is 0 Å². The summed E-state index contributed by atoms with van der Waals surface area (Å²) >= 11 is 0. The summed E-state index contributed by atoms with van der Waals surface area (Å²) < 4.78 is 0. The summed E-state index contributed by atoms with van der Waals surface area (Å²) in [5.74, 6) is 0.204. The monoisotopic (exact) mass is 227 g/mol. The lowest BCUT2D eigenvalue weighted by atomic mass is 9.95. The van der Waals surface area contributed by atoms with Crippen LogP contribution in [0.1, 0.15) is 19.8 Å². The molecule has 0 aromatic carbocycles. The van der Waals surface area contributed by atoms with Crippen LogP contribution in [0, 0.1) is 5.92 Å². The summed E-state index contributed by atoms with van der Waals surface area (Å²) in [6.07, 6.45) is 1.49. The van der Waals surface area contributed by atoms with Gasteiger partial charge in [-0.1, -0.05) is 0 Å². The van der Waals surface area contributed by atoms with Gasteiger partial charge in [-0.05, 0) is 19.8 Å². The minimum absolute atomic E-state index is 0.0178. The molecule has 0 radical (unpaired) electrons. The Morgan fingerprint density at radius 2 is 1.81 bits per heavy atom. The van der Waals surface area contributed by atoms with Crippen molar-refractivity contribution in [2.75, 3.05) is 27.2 Å². The van der Waals surface area contributed by atoms with Gasteiger partial charge in [0.1, 0.15) is 0 Å². The number of nitrogens with two attached hydrogens (primary N) is 1. The molecule has 1 saturated heterocycles. The van der Waals surface area contributed by atoms with E-state index in [4.69, 9.17) is 5.73 Å². The molecule has 92 valence electrons. The van der Waals surface area contributed by atoms with Crippen molar-refractivity contribution in [2.24, 2.45) is 11.7 Å². The topological polar surface area (TPSA) is 66.6 Å². The van der Waals surface area contributed by atoms with Crippen LogP contribution >= 0.6 is 0 Å². The summed E-state index contributed by atoms with van der Waals surface area (Å²) in [5.41, 5.74) is 5.54. The smallest absolute Gasteiger partial charge is 0.239 e. The van der Waals surface area contributed by atoms with Crippen molar-refractivity contribution in [3.05, 3.63) is 0 Å². The van der Waals surface area contributed by atoms with Crippen LogP contribution in [0.2, 0.25) is 0 Å². The summed E-state index contributed by atoms with van der Waals surface area (Å²) in [6, 6.07) is -0.443. The highest BCUT2D eigenvalue weighted by molar-refractivity contribution is 5.82. The molecular formula is C11H21N3O2. The van der Waals surface area contributed by atoms with Crippen molar-refractivity contribution in [3.63, 3.8) is 0 Å². The van der Waals surface area contributed by atoms with Gasteiger partial charge < -0.3 is 15.5 Å². The summed E-state index contributed by atoms with van der Waals surface area (Å²) in [4.78, 5) is 26.7. The van der Waals surface area contributed by atoms with E-state index < -0.39 is 6.04 Å². The van der Waals surface area contributed by atoms with Gasteiger partial charge in [-0.2, -0.15) is 0 Å². The molecule has 0 unspecified atom stereocenters. The molecule has 0 aromatic rings. The third-order valence-electron chi connectivity index (χ3n) is 2.99. The first-order valence-corrected chi connectivity index (χ1v) is 5.69. The van der Waals surface area contributed by atoms with Gasteiger partial charge in [0.15, 0.2) is 0 Å². The highest BCUT2D eigenvalue weighted by atomic mass is 16.2. The number of hydrogen-bond acceptors (Lipinski definition) is 3. The zero-order chi connectivity index (χ0) is 12.3. The van der Waals surface area contributed by atoms with Crippen LogP contribution in [-0.4, -0.2) is 54.8 Å². The van der Waals surface area contributed by atoms with Crippen LogP contribution in [0.5, 0.6) is 0 Å². The second-order valence-electron chi connectivity index (χ2n) is 4.62. The molecule has 0 aromatic heterocycles. The Morgan fingerprint density at radius 3 is 2.19 bits per heavy atom. The molecule has 0 spiro atoms. The van der Waals surface area contributed by atoms with Gasteiger partial charge >= 0.3 is 0 Å². The predicted octanol–water partition coefficient (Wildman–Crippen LogP) is -0.340. The first-order valence-electron chi connectivity index (χ1n) is 5.69. The summed E-state index contributed by atoms with van der Waals surface area (Å²) in [7, 11) is 3.53. The Balaban J connectivity index is 2.45. The molecule has 1 heterocycles. The molecule has 5 heteroatoms. The van der Waals surface area contributed by atoms with Crippen molar-refractivity contribution in [1.29, 1.82) is 0 Å². The maximum Gasteiger partial charge on any atom is 0.239 e. The van der Waals surface area contributed by atoms with Gasteiger partial charge in [-0.3, -0.25) is 9.59 Å². The number of hydrogen-bond donors (Lipinski definition) is 1. The van der Waals surface area contributed by atoms with Gasteiger partial charge in [-0.25, -0.2) is 0 Å². The third-order valence-corrected chi connectivity index (χ3v) is 2.99. The van der Waals surface area contributed by atoms with Crippen molar-refractivity contribution in [1.82, 2.24) is 9.80 Å². The number of rotatable bonds is 2. The first-order chi connectivity index (χ1) is 7.43. The lowest BCUT2D eigenvalue weighted by Gasteiger charge is -2.33. The number of amides is 2. The van der Waals surface area contributed by atoms with Crippen molar-refractivity contribution < 1.29 is 9.59 Å². The Kier molecular flexibility index (Phi) is 4.29. The molecule has 2 N–H and O–H groups in total. The maximum atomic E-state index is 11.7. The van der Waals surface area contributed by atoms with Crippen LogP contribution in [0.3, 0.4) is 0 Å². The Labute approximate surface area is 96.6 Å². The van der Waals surface area contributed by atoms with Gasteiger partial charge in [0.05, 0.1) is 6.04 Å². The lowest BCUT2D eigenvalue weighted by Crippen LogP contribution is -2.47. The number of nitrogens with zero attached hydrogens (tertiary/aromatic N) is 2. The van der Waals surface area contributed by atoms with E-state index in [0.29, 0.717) is 13.1 Å². The van der Waals surface area contributed by atoms with Crippen LogP contribution in [0.25, 0.3) is 0 Å². The molecule has 5 nitrogen and oxygen atoms in total. The molecule has 16 heavy (non-hydrogen) atoms. The van der Waals surface area contributed by atoms with E-state index in [1.807, 2.05) is 0 Å². The molecule has 1 aliphatic heterocycles. The molecular weight excluding hydrogens is 206 g/mol. The van der Waals surface area contributed by atoms with Crippen LogP contribution in [-0.2, 0) is 9.59 Å². The van der Waals surface area contributed by atoms with Crippen LogP contribution < -0.4 is 5.73 Å². The van der Waals surface area contributed by atoms with Crippen LogP contribution in [0.4, 0.5) is 0 Å². The third kappa shape index (κ3) is 2.95. The highest BCUT2D eigenvalue weighted by Gasteiger charge is 2.28. The number of likely N-dealkylation sites (tertiary alicyclic amines) is 1. The Bertz CT molecular complexity index is 240. The highest BCUT2D eigenvalue weighted by Crippen LogP contribution is 2.19. The fraction of sp³-hybridized carbons (Fsp3) is 0.818. The molecule has 1 atom stereocenters. The quantitative estimate of drug-likeness (QED) is 0.702. The fourth-order valence-electron chi connectivity index (χ4n) is 2.00. The summed E-state index contributed by atoms with van der Waals surface area (Å²) in [6.45, 7) is 2.98. The van der Waals surface area contributed by atoms with E-state index in [0.717, 1.165) is 12.8 Å². The number of carbonyl (C=O) groups excluding carboxylic acids is 2. The molecule has 1 aliphatic rings. The number of piperidine rings is 1. The lowest BCUT2D eigenvalue weighted by molar-refractivity contribution is -0.139. The van der Waals surface area contributed by atoms with Gasteiger partial charge in [0, 0.05) is 33.1 Å². The first kappa shape index (κ1) is 13.0. The largest absolute Gasteiger partial charge is 0.349 e.